The zero-order valence-corrected chi connectivity index (χ0v) is 12.3. The molecule has 0 saturated heterocycles. The first kappa shape index (κ1) is 12.6. The third-order valence-corrected chi connectivity index (χ3v) is 4.01. The van der Waals surface area contributed by atoms with E-state index in [0.717, 1.165) is 37.2 Å². The molecule has 1 N–H and O–H groups in total. The van der Waals surface area contributed by atoms with Gasteiger partial charge in [0.2, 0.25) is 0 Å². The molecule has 0 atom stereocenters. The van der Waals surface area contributed by atoms with E-state index in [1.54, 1.807) is 6.20 Å². The maximum Gasteiger partial charge on any atom is 0.265 e. The van der Waals surface area contributed by atoms with Crippen molar-refractivity contribution in [2.45, 2.75) is 38.6 Å². The lowest BCUT2D eigenvalue weighted by Crippen LogP contribution is -2.15. The molecular weight excluding hydrogens is 308 g/mol. The summed E-state index contributed by atoms with van der Waals surface area (Å²) >= 11 is 3.34. The van der Waals surface area contributed by atoms with Gasteiger partial charge in [0.25, 0.3) is 5.56 Å². The Bertz CT molecular complexity index is 657. The second-order valence-electron chi connectivity index (χ2n) is 4.83. The second-order valence-corrected chi connectivity index (χ2v) is 5.62. The van der Waals surface area contributed by atoms with E-state index in [1.165, 1.54) is 0 Å². The molecule has 1 fully saturated rings. The maximum atomic E-state index is 12.0. The third-order valence-electron chi connectivity index (χ3n) is 3.25. The standard InChI is InChI=1S/C13H15BrN4O/c1-2-7-18-9(5-6-15-18)12-16-11(8-3-4-8)10(14)13(19)17-12/h5-6,8H,2-4,7H2,1H3,(H,16,17,19). The number of nitrogens with one attached hydrogen (secondary N) is 1. The number of hydrogen-bond donors (Lipinski definition) is 1. The lowest BCUT2D eigenvalue weighted by molar-refractivity contribution is 0.606. The Morgan fingerprint density at radius 1 is 1.53 bits per heavy atom. The molecular formula is C13H15BrN4O. The fraction of sp³-hybridized carbons (Fsp3) is 0.462. The van der Waals surface area contributed by atoms with E-state index in [9.17, 15) is 4.79 Å². The summed E-state index contributed by atoms with van der Waals surface area (Å²) in [5.74, 6) is 1.04. The highest BCUT2D eigenvalue weighted by molar-refractivity contribution is 9.10. The molecule has 100 valence electrons. The molecule has 0 aliphatic heterocycles. The van der Waals surface area contributed by atoms with Gasteiger partial charge in [-0.15, -0.1) is 0 Å². The Kier molecular flexibility index (Phi) is 3.26. The van der Waals surface area contributed by atoms with Gasteiger partial charge in [0, 0.05) is 18.7 Å². The van der Waals surface area contributed by atoms with Crippen LogP contribution in [0.1, 0.15) is 37.8 Å². The molecule has 2 aromatic rings. The van der Waals surface area contributed by atoms with Crippen LogP contribution in [0.4, 0.5) is 0 Å². The zero-order chi connectivity index (χ0) is 13.4. The van der Waals surface area contributed by atoms with Crippen LogP contribution in [0.25, 0.3) is 11.5 Å². The van der Waals surface area contributed by atoms with Gasteiger partial charge in [0.1, 0.15) is 10.2 Å². The first-order valence-corrected chi connectivity index (χ1v) is 7.32. The summed E-state index contributed by atoms with van der Waals surface area (Å²) in [6, 6.07) is 1.89. The molecule has 0 bridgehead atoms. The number of rotatable bonds is 4. The van der Waals surface area contributed by atoms with Gasteiger partial charge >= 0.3 is 0 Å². The predicted molar refractivity (Wildman–Crippen MR) is 76.0 cm³/mol. The van der Waals surface area contributed by atoms with E-state index in [-0.39, 0.29) is 5.56 Å². The molecule has 1 aliphatic carbocycles. The predicted octanol–water partition coefficient (Wildman–Crippen LogP) is 2.68. The summed E-state index contributed by atoms with van der Waals surface area (Å²) < 4.78 is 2.45. The van der Waals surface area contributed by atoms with Gasteiger partial charge in [0.15, 0.2) is 5.82 Å². The number of nitrogens with zero attached hydrogens (tertiary/aromatic N) is 3. The molecule has 6 heteroatoms. The van der Waals surface area contributed by atoms with Crippen molar-refractivity contribution in [3.05, 3.63) is 32.8 Å². The van der Waals surface area contributed by atoms with Crippen LogP contribution in [-0.4, -0.2) is 19.7 Å². The first-order valence-electron chi connectivity index (χ1n) is 6.52. The quantitative estimate of drug-likeness (QED) is 0.941. The van der Waals surface area contributed by atoms with Crippen molar-refractivity contribution in [3.8, 4) is 11.5 Å². The van der Waals surface area contributed by atoms with E-state index in [1.807, 2.05) is 10.7 Å². The molecule has 0 spiro atoms. The Balaban J connectivity index is 2.09. The smallest absolute Gasteiger partial charge is 0.265 e. The lowest BCUT2D eigenvalue weighted by Gasteiger charge is -2.08. The molecule has 19 heavy (non-hydrogen) atoms. The van der Waals surface area contributed by atoms with Gasteiger partial charge in [-0.25, -0.2) is 4.98 Å². The second kappa shape index (κ2) is 4.92. The number of H-pyrrole nitrogens is 1. The maximum absolute atomic E-state index is 12.0. The number of halogens is 1. The molecule has 0 aromatic carbocycles. The Morgan fingerprint density at radius 3 is 3.00 bits per heavy atom. The molecule has 5 nitrogen and oxygen atoms in total. The van der Waals surface area contributed by atoms with Gasteiger partial charge in [-0.3, -0.25) is 9.48 Å². The van der Waals surface area contributed by atoms with Crippen LogP contribution in [0.2, 0.25) is 0 Å². The van der Waals surface area contributed by atoms with Crippen LogP contribution in [0.5, 0.6) is 0 Å². The Hall–Kier alpha value is -1.43. The third kappa shape index (κ3) is 2.36. The van der Waals surface area contributed by atoms with Gasteiger partial charge in [-0.05, 0) is 41.3 Å². The van der Waals surface area contributed by atoms with Crippen molar-refractivity contribution in [3.63, 3.8) is 0 Å². The highest BCUT2D eigenvalue weighted by atomic mass is 79.9. The average molecular weight is 323 g/mol. The zero-order valence-electron chi connectivity index (χ0n) is 10.7. The number of aryl methyl sites for hydroxylation is 1. The van der Waals surface area contributed by atoms with Crippen LogP contribution < -0.4 is 5.56 Å². The fourth-order valence-electron chi connectivity index (χ4n) is 2.15. The van der Waals surface area contributed by atoms with Crippen molar-refractivity contribution in [2.24, 2.45) is 0 Å². The van der Waals surface area contributed by atoms with Gasteiger partial charge < -0.3 is 4.98 Å². The summed E-state index contributed by atoms with van der Waals surface area (Å²) in [6.07, 6.45) is 4.96. The fourth-order valence-corrected chi connectivity index (χ4v) is 2.66. The summed E-state index contributed by atoms with van der Waals surface area (Å²) in [5.41, 5.74) is 1.63. The topological polar surface area (TPSA) is 63.6 Å². The van der Waals surface area contributed by atoms with Crippen molar-refractivity contribution >= 4 is 15.9 Å². The number of hydrogen-bond acceptors (Lipinski definition) is 3. The van der Waals surface area contributed by atoms with Crippen LogP contribution in [0.3, 0.4) is 0 Å². The highest BCUT2D eigenvalue weighted by Crippen LogP contribution is 2.41. The van der Waals surface area contributed by atoms with Crippen LogP contribution in [0.15, 0.2) is 21.5 Å². The van der Waals surface area contributed by atoms with Crippen molar-refractivity contribution < 1.29 is 0 Å². The van der Waals surface area contributed by atoms with E-state index in [2.05, 4.69) is 37.9 Å². The molecule has 1 saturated carbocycles. The van der Waals surface area contributed by atoms with Gasteiger partial charge in [0.05, 0.1) is 5.69 Å². The Morgan fingerprint density at radius 2 is 2.32 bits per heavy atom. The van der Waals surface area contributed by atoms with Crippen molar-refractivity contribution in [2.75, 3.05) is 0 Å². The SMILES string of the molecule is CCCn1nccc1-c1nc(C2CC2)c(Br)c(=O)[nH]1. The van der Waals surface area contributed by atoms with E-state index < -0.39 is 0 Å². The van der Waals surface area contributed by atoms with Gasteiger partial charge in [-0.2, -0.15) is 5.10 Å². The highest BCUT2D eigenvalue weighted by Gasteiger charge is 2.29. The minimum absolute atomic E-state index is 0.115. The Labute approximate surface area is 119 Å². The minimum Gasteiger partial charge on any atom is -0.304 e. The number of aromatic amines is 1. The van der Waals surface area contributed by atoms with Crippen LogP contribution in [0, 0.1) is 0 Å². The van der Waals surface area contributed by atoms with Crippen molar-refractivity contribution in [1.29, 1.82) is 0 Å². The monoisotopic (exact) mass is 322 g/mol. The lowest BCUT2D eigenvalue weighted by atomic mass is 10.2. The minimum atomic E-state index is -0.115. The van der Waals surface area contributed by atoms with E-state index >= 15 is 0 Å². The molecule has 3 rings (SSSR count). The summed E-state index contributed by atoms with van der Waals surface area (Å²) in [6.45, 7) is 2.92. The summed E-state index contributed by atoms with van der Waals surface area (Å²) in [5, 5.41) is 4.27. The molecule has 0 radical (unpaired) electrons. The average Bonchev–Trinajstić information content (AvgIpc) is 3.13. The van der Waals surface area contributed by atoms with Crippen LogP contribution in [-0.2, 0) is 6.54 Å². The normalized spacial score (nSPS) is 14.8. The molecule has 0 unspecified atom stereocenters. The first-order chi connectivity index (χ1) is 9.20. The summed E-state index contributed by atoms with van der Waals surface area (Å²) in [4.78, 5) is 19.4. The van der Waals surface area contributed by atoms with E-state index in [0.29, 0.717) is 16.2 Å². The van der Waals surface area contributed by atoms with Crippen LogP contribution >= 0.6 is 15.9 Å². The molecule has 0 amide bonds. The summed E-state index contributed by atoms with van der Waals surface area (Å²) in [7, 11) is 0. The largest absolute Gasteiger partial charge is 0.304 e. The molecule has 2 heterocycles. The molecule has 2 aromatic heterocycles. The number of aromatic nitrogens is 4. The van der Waals surface area contributed by atoms with Crippen molar-refractivity contribution in [1.82, 2.24) is 19.7 Å². The molecule has 1 aliphatic rings. The van der Waals surface area contributed by atoms with E-state index in [4.69, 9.17) is 0 Å². The van der Waals surface area contributed by atoms with Gasteiger partial charge in [-0.1, -0.05) is 6.92 Å².